The molecule has 118 valence electrons. The molecular weight excluding hydrogens is 290 g/mol. The van der Waals surface area contributed by atoms with Crippen molar-refractivity contribution in [1.29, 1.82) is 0 Å². The van der Waals surface area contributed by atoms with Gasteiger partial charge in [-0.3, -0.25) is 4.57 Å². The smallest absolute Gasteiger partial charge is 0.324 e. The second-order valence-electron chi connectivity index (χ2n) is 6.92. The molecular formula is C15H30O3P2. The van der Waals surface area contributed by atoms with E-state index in [1.807, 2.05) is 0 Å². The van der Waals surface area contributed by atoms with E-state index in [2.05, 4.69) is 9.24 Å². The third kappa shape index (κ3) is 4.54. The van der Waals surface area contributed by atoms with E-state index in [1.54, 1.807) is 0 Å². The average Bonchev–Trinajstić information content (AvgIpc) is 2.46. The summed E-state index contributed by atoms with van der Waals surface area (Å²) in [6, 6.07) is 0. The average molecular weight is 320 g/mol. The van der Waals surface area contributed by atoms with Gasteiger partial charge in [-0.2, -0.15) is 0 Å². The van der Waals surface area contributed by atoms with E-state index < -0.39 is 7.60 Å². The fraction of sp³-hybridized carbons (Fsp3) is 1.00. The largest absolute Gasteiger partial charge is 0.325 e. The quantitative estimate of drug-likeness (QED) is 0.741. The SMILES string of the molecule is O=P(O)(O)CCC(P)(C1CCCCC1)C1CCCCC1. The van der Waals surface area contributed by atoms with Gasteiger partial charge in [-0.25, -0.2) is 0 Å². The first kappa shape index (κ1) is 16.9. The first-order chi connectivity index (χ1) is 9.42. The zero-order chi connectivity index (χ0) is 14.6. The Labute approximate surface area is 125 Å². The predicted molar refractivity (Wildman–Crippen MR) is 87.1 cm³/mol. The van der Waals surface area contributed by atoms with Crippen LogP contribution in [0.5, 0.6) is 0 Å². The molecule has 1 unspecified atom stereocenters. The maximum Gasteiger partial charge on any atom is 0.325 e. The molecule has 0 bridgehead atoms. The first-order valence-electron chi connectivity index (χ1n) is 8.25. The van der Waals surface area contributed by atoms with Gasteiger partial charge in [0.05, 0.1) is 6.16 Å². The molecule has 0 amide bonds. The Bertz CT molecular complexity index is 323. The van der Waals surface area contributed by atoms with Crippen LogP contribution in [0.1, 0.15) is 70.6 Å². The summed E-state index contributed by atoms with van der Waals surface area (Å²) < 4.78 is 11.3. The van der Waals surface area contributed by atoms with Crippen molar-refractivity contribution >= 4 is 16.8 Å². The normalized spacial score (nSPS) is 23.9. The van der Waals surface area contributed by atoms with Gasteiger partial charge in [0.2, 0.25) is 0 Å². The minimum absolute atomic E-state index is 0.0590. The van der Waals surface area contributed by atoms with Crippen molar-refractivity contribution in [2.45, 2.75) is 75.8 Å². The van der Waals surface area contributed by atoms with Crippen LogP contribution in [-0.2, 0) is 4.57 Å². The van der Waals surface area contributed by atoms with Crippen LogP contribution in [0.3, 0.4) is 0 Å². The lowest BCUT2D eigenvalue weighted by Gasteiger charge is -2.47. The maximum absolute atomic E-state index is 11.3. The van der Waals surface area contributed by atoms with Crippen molar-refractivity contribution in [3.05, 3.63) is 0 Å². The second-order valence-corrected chi connectivity index (χ2v) is 9.77. The van der Waals surface area contributed by atoms with Crippen molar-refractivity contribution in [2.24, 2.45) is 11.8 Å². The summed E-state index contributed by atoms with van der Waals surface area (Å²) in [4.78, 5) is 18.6. The van der Waals surface area contributed by atoms with Crippen LogP contribution < -0.4 is 0 Å². The molecule has 2 N–H and O–H groups in total. The summed E-state index contributed by atoms with van der Waals surface area (Å²) in [7, 11) is -0.791. The molecule has 0 heterocycles. The third-order valence-corrected chi connectivity index (χ3v) is 7.60. The Balaban J connectivity index is 2.09. The first-order valence-corrected chi connectivity index (χ1v) is 10.6. The summed E-state index contributed by atoms with van der Waals surface area (Å²) in [5, 5.41) is 0.0714. The van der Waals surface area contributed by atoms with Crippen molar-refractivity contribution in [2.75, 3.05) is 6.16 Å². The van der Waals surface area contributed by atoms with Crippen LogP contribution in [0.2, 0.25) is 0 Å². The summed E-state index contributed by atoms with van der Waals surface area (Å²) in [6.07, 6.45) is 13.6. The van der Waals surface area contributed by atoms with E-state index in [9.17, 15) is 14.4 Å². The van der Waals surface area contributed by atoms with Crippen LogP contribution in [-0.4, -0.2) is 21.1 Å². The van der Waals surface area contributed by atoms with Gasteiger partial charge in [-0.05, 0) is 49.1 Å². The van der Waals surface area contributed by atoms with E-state index in [0.29, 0.717) is 18.3 Å². The topological polar surface area (TPSA) is 57.5 Å². The molecule has 0 radical (unpaired) electrons. The van der Waals surface area contributed by atoms with E-state index >= 15 is 0 Å². The van der Waals surface area contributed by atoms with Crippen LogP contribution >= 0.6 is 16.8 Å². The van der Waals surface area contributed by atoms with E-state index in [4.69, 9.17) is 0 Å². The van der Waals surface area contributed by atoms with Crippen LogP contribution in [0.25, 0.3) is 0 Å². The highest BCUT2D eigenvalue weighted by Gasteiger charge is 2.42. The molecule has 3 nitrogen and oxygen atoms in total. The van der Waals surface area contributed by atoms with Crippen molar-refractivity contribution in [3.8, 4) is 0 Å². The molecule has 20 heavy (non-hydrogen) atoms. The molecule has 0 aromatic carbocycles. The Morgan fingerprint density at radius 3 is 1.65 bits per heavy atom. The second kappa shape index (κ2) is 7.23. The minimum Gasteiger partial charge on any atom is -0.324 e. The van der Waals surface area contributed by atoms with Crippen molar-refractivity contribution in [1.82, 2.24) is 0 Å². The highest BCUT2D eigenvalue weighted by molar-refractivity contribution is 7.51. The Morgan fingerprint density at radius 1 is 0.900 bits per heavy atom. The molecule has 1 atom stereocenters. The Hall–Kier alpha value is 0.580. The molecule has 2 aliphatic carbocycles. The molecule has 0 aromatic heterocycles. The highest BCUT2D eigenvalue weighted by atomic mass is 31.2. The van der Waals surface area contributed by atoms with Gasteiger partial charge in [-0.1, -0.05) is 38.5 Å². The monoisotopic (exact) mass is 320 g/mol. The third-order valence-electron chi connectivity index (χ3n) is 5.57. The molecule has 2 aliphatic rings. The highest BCUT2D eigenvalue weighted by Crippen LogP contribution is 2.52. The Morgan fingerprint density at radius 2 is 1.30 bits per heavy atom. The van der Waals surface area contributed by atoms with E-state index in [-0.39, 0.29) is 11.3 Å². The number of hydrogen-bond donors (Lipinski definition) is 2. The molecule has 0 saturated heterocycles. The lowest BCUT2D eigenvalue weighted by molar-refractivity contribution is 0.169. The van der Waals surface area contributed by atoms with Crippen molar-refractivity contribution < 1.29 is 14.4 Å². The molecule has 2 saturated carbocycles. The van der Waals surface area contributed by atoms with Gasteiger partial charge in [0, 0.05) is 0 Å². The summed E-state index contributed by atoms with van der Waals surface area (Å²) in [5.74, 6) is 1.30. The van der Waals surface area contributed by atoms with Gasteiger partial charge < -0.3 is 9.79 Å². The fourth-order valence-electron chi connectivity index (χ4n) is 4.36. The van der Waals surface area contributed by atoms with E-state index in [0.717, 1.165) is 0 Å². The molecule has 0 spiro atoms. The van der Waals surface area contributed by atoms with Gasteiger partial charge in [0.15, 0.2) is 0 Å². The molecule has 0 aromatic rings. The fourth-order valence-corrected chi connectivity index (χ4v) is 6.09. The number of hydrogen-bond acceptors (Lipinski definition) is 1. The Kier molecular flexibility index (Phi) is 6.12. The number of rotatable bonds is 5. The van der Waals surface area contributed by atoms with Crippen LogP contribution in [0.15, 0.2) is 0 Å². The molecule has 5 heteroatoms. The molecule has 2 fully saturated rings. The molecule has 0 aliphatic heterocycles. The van der Waals surface area contributed by atoms with Gasteiger partial charge in [0.1, 0.15) is 0 Å². The maximum atomic E-state index is 11.3. The minimum atomic E-state index is -3.88. The lowest BCUT2D eigenvalue weighted by atomic mass is 9.68. The van der Waals surface area contributed by atoms with Gasteiger partial charge >= 0.3 is 7.60 Å². The van der Waals surface area contributed by atoms with Gasteiger partial charge in [0.25, 0.3) is 0 Å². The summed E-state index contributed by atoms with van der Waals surface area (Å²) in [5.41, 5.74) is 0. The van der Waals surface area contributed by atoms with Crippen LogP contribution in [0.4, 0.5) is 0 Å². The zero-order valence-electron chi connectivity index (χ0n) is 12.5. The zero-order valence-corrected chi connectivity index (χ0v) is 14.5. The van der Waals surface area contributed by atoms with Crippen LogP contribution in [0, 0.1) is 11.8 Å². The summed E-state index contributed by atoms with van der Waals surface area (Å²) in [6.45, 7) is 0. The van der Waals surface area contributed by atoms with Crippen molar-refractivity contribution in [3.63, 3.8) is 0 Å². The van der Waals surface area contributed by atoms with Gasteiger partial charge in [-0.15, -0.1) is 9.24 Å². The predicted octanol–water partition coefficient (Wildman–Crippen LogP) is 4.33. The standard InChI is InChI=1S/C15H30O3P2/c16-20(17,18)12-11-15(19,13-7-3-1-4-8-13)14-9-5-2-6-10-14/h13-14H,1-12,19H2,(H2,16,17,18). The summed E-state index contributed by atoms with van der Waals surface area (Å²) >= 11 is 0. The van der Waals surface area contributed by atoms with E-state index in [1.165, 1.54) is 64.2 Å². The molecule has 2 rings (SSSR count). The lowest BCUT2D eigenvalue weighted by Crippen LogP contribution is -2.42.